The van der Waals surface area contributed by atoms with Gasteiger partial charge < -0.3 is 0 Å². The van der Waals surface area contributed by atoms with Crippen LogP contribution in [0.5, 0.6) is 0 Å². The molecule has 1 unspecified atom stereocenters. The minimum atomic E-state index is 0.361. The molecule has 0 nitrogen and oxygen atoms in total. The largest absolute Gasteiger partial charge is 0.0654 e. The first-order valence-electron chi connectivity index (χ1n) is 8.78. The van der Waals surface area contributed by atoms with Crippen molar-refractivity contribution in [3.05, 3.63) is 35.4 Å². The number of unbranched alkanes of at least 4 members (excludes halogenated alkanes) is 1. The topological polar surface area (TPSA) is 0 Å². The maximum Gasteiger partial charge on any atom is -0.0223 e. The molecule has 0 saturated heterocycles. The van der Waals surface area contributed by atoms with Gasteiger partial charge in [0, 0.05) is 0 Å². The molecule has 0 aromatic heterocycles. The van der Waals surface area contributed by atoms with Gasteiger partial charge in [0.1, 0.15) is 0 Å². The minimum absolute atomic E-state index is 0.361. The highest BCUT2D eigenvalue weighted by Crippen LogP contribution is 2.51. The van der Waals surface area contributed by atoms with Crippen LogP contribution in [0, 0.1) is 23.7 Å². The number of hydrogen-bond donors (Lipinski definition) is 0. The molecule has 0 aliphatic heterocycles. The predicted molar refractivity (Wildman–Crippen MR) is 95.8 cm³/mol. The average Bonchev–Trinajstić information content (AvgIpc) is 2.37. The fourth-order valence-corrected chi connectivity index (χ4v) is 4.05. The van der Waals surface area contributed by atoms with E-state index in [1.165, 1.54) is 43.2 Å². The van der Waals surface area contributed by atoms with Crippen molar-refractivity contribution in [2.45, 2.75) is 80.6 Å². The van der Waals surface area contributed by atoms with Crippen molar-refractivity contribution in [1.29, 1.82) is 0 Å². The van der Waals surface area contributed by atoms with Crippen molar-refractivity contribution < 1.29 is 0 Å². The van der Waals surface area contributed by atoms with Crippen molar-refractivity contribution >= 4 is 0 Å². The second kappa shape index (κ2) is 7.47. The summed E-state index contributed by atoms with van der Waals surface area (Å²) in [5, 5.41) is 0. The number of benzene rings is 1. The zero-order valence-corrected chi connectivity index (χ0v) is 15.4. The van der Waals surface area contributed by atoms with E-state index in [9.17, 15) is 0 Å². The molecule has 120 valence electrons. The van der Waals surface area contributed by atoms with Crippen molar-refractivity contribution in [3.8, 4) is 0 Å². The summed E-state index contributed by atoms with van der Waals surface area (Å²) in [5.74, 6) is 0.730. The molecule has 0 aliphatic carbocycles. The Morgan fingerprint density at radius 2 is 1.71 bits per heavy atom. The van der Waals surface area contributed by atoms with E-state index < -0.39 is 0 Å². The molecule has 0 saturated carbocycles. The van der Waals surface area contributed by atoms with E-state index in [-0.39, 0.29) is 0 Å². The van der Waals surface area contributed by atoms with Gasteiger partial charge in [0.25, 0.3) is 0 Å². The molecule has 21 heavy (non-hydrogen) atoms. The van der Waals surface area contributed by atoms with Crippen molar-refractivity contribution in [3.63, 3.8) is 0 Å². The van der Waals surface area contributed by atoms with Gasteiger partial charge in [0.15, 0.2) is 0 Å². The van der Waals surface area contributed by atoms with E-state index in [0.29, 0.717) is 10.8 Å². The first-order valence-corrected chi connectivity index (χ1v) is 8.78. The average molecular weight is 289 g/mol. The van der Waals surface area contributed by atoms with Gasteiger partial charge in [-0.1, -0.05) is 84.2 Å². The van der Waals surface area contributed by atoms with Gasteiger partial charge in [-0.3, -0.25) is 0 Å². The van der Waals surface area contributed by atoms with Gasteiger partial charge in [-0.05, 0) is 48.5 Å². The summed E-state index contributed by atoms with van der Waals surface area (Å²) >= 11 is 0. The Bertz CT molecular complexity index is 422. The standard InChI is InChI=1S/C21H36/c1-8-9-14-21(17(2)3,20(5,6)7)15-13-19-12-10-11-18(4)16-19/h10-12,16-17H,8-9,13-15H2,1-7H3. The molecule has 1 rings (SSSR count). The van der Waals surface area contributed by atoms with E-state index in [2.05, 4.69) is 72.7 Å². The monoisotopic (exact) mass is 288 g/mol. The Morgan fingerprint density at radius 3 is 2.19 bits per heavy atom. The van der Waals surface area contributed by atoms with E-state index in [4.69, 9.17) is 0 Å². The lowest BCUT2D eigenvalue weighted by Gasteiger charge is -2.49. The molecule has 0 amide bonds. The van der Waals surface area contributed by atoms with Crippen molar-refractivity contribution in [2.75, 3.05) is 0 Å². The van der Waals surface area contributed by atoms with Gasteiger partial charge in [-0.25, -0.2) is 0 Å². The molecule has 0 spiro atoms. The summed E-state index contributed by atoms with van der Waals surface area (Å²) in [5.41, 5.74) is 3.68. The minimum Gasteiger partial charge on any atom is -0.0654 e. The zero-order chi connectivity index (χ0) is 16.1. The van der Waals surface area contributed by atoms with Crippen LogP contribution in [0.3, 0.4) is 0 Å². The van der Waals surface area contributed by atoms with Gasteiger partial charge in [-0.2, -0.15) is 0 Å². The predicted octanol–water partition coefficient (Wildman–Crippen LogP) is 6.81. The number of hydrogen-bond acceptors (Lipinski definition) is 0. The summed E-state index contributed by atoms with van der Waals surface area (Å²) in [6, 6.07) is 9.04. The molecule has 0 heterocycles. The van der Waals surface area contributed by atoms with Crippen LogP contribution in [0.1, 0.15) is 78.4 Å². The summed E-state index contributed by atoms with van der Waals surface area (Å²) in [6.07, 6.45) is 6.52. The van der Waals surface area contributed by atoms with E-state index >= 15 is 0 Å². The Hall–Kier alpha value is -0.780. The third-order valence-corrected chi connectivity index (χ3v) is 5.52. The molecule has 1 atom stereocenters. The van der Waals surface area contributed by atoms with Crippen LogP contribution in [0.25, 0.3) is 0 Å². The smallest absolute Gasteiger partial charge is 0.0223 e. The van der Waals surface area contributed by atoms with Gasteiger partial charge in [0.2, 0.25) is 0 Å². The summed E-state index contributed by atoms with van der Waals surface area (Å²) < 4.78 is 0. The highest BCUT2D eigenvalue weighted by atomic mass is 14.5. The van der Waals surface area contributed by atoms with E-state index in [1.54, 1.807) is 0 Å². The molecule has 0 N–H and O–H groups in total. The Morgan fingerprint density at radius 1 is 1.05 bits per heavy atom. The van der Waals surface area contributed by atoms with Crippen LogP contribution in [0.2, 0.25) is 0 Å². The van der Waals surface area contributed by atoms with Crippen LogP contribution in [-0.4, -0.2) is 0 Å². The summed E-state index contributed by atoms with van der Waals surface area (Å²) in [6.45, 7) is 16.7. The molecule has 1 aromatic carbocycles. The third kappa shape index (κ3) is 4.59. The maximum absolute atomic E-state index is 2.44. The molecule has 0 fully saturated rings. The first kappa shape index (κ1) is 18.3. The fourth-order valence-electron chi connectivity index (χ4n) is 4.05. The third-order valence-electron chi connectivity index (χ3n) is 5.52. The second-order valence-corrected chi connectivity index (χ2v) is 8.15. The van der Waals surface area contributed by atoms with Crippen LogP contribution in [0.4, 0.5) is 0 Å². The molecule has 0 heteroatoms. The molecule has 0 aliphatic rings. The lowest BCUT2D eigenvalue weighted by Crippen LogP contribution is -2.41. The van der Waals surface area contributed by atoms with Gasteiger partial charge in [0.05, 0.1) is 0 Å². The summed E-state index contributed by atoms with van der Waals surface area (Å²) in [7, 11) is 0. The highest BCUT2D eigenvalue weighted by molar-refractivity contribution is 5.22. The van der Waals surface area contributed by atoms with Gasteiger partial charge in [-0.15, -0.1) is 0 Å². The Kier molecular flexibility index (Phi) is 6.50. The van der Waals surface area contributed by atoms with Crippen molar-refractivity contribution in [1.82, 2.24) is 0 Å². The molecule has 0 radical (unpaired) electrons. The molecular formula is C21H36. The summed E-state index contributed by atoms with van der Waals surface area (Å²) in [4.78, 5) is 0. The zero-order valence-electron chi connectivity index (χ0n) is 15.4. The molecule has 0 bridgehead atoms. The van der Waals surface area contributed by atoms with Gasteiger partial charge >= 0.3 is 0 Å². The van der Waals surface area contributed by atoms with Crippen LogP contribution < -0.4 is 0 Å². The molecule has 1 aromatic rings. The normalized spacial score (nSPS) is 15.2. The quantitative estimate of drug-likeness (QED) is 0.517. The SMILES string of the molecule is CCCCC(CCc1cccc(C)c1)(C(C)C)C(C)(C)C. The maximum atomic E-state index is 2.44. The van der Waals surface area contributed by atoms with Crippen LogP contribution >= 0.6 is 0 Å². The fraction of sp³-hybridized carbons (Fsp3) is 0.714. The number of rotatable bonds is 7. The second-order valence-electron chi connectivity index (χ2n) is 8.15. The lowest BCUT2D eigenvalue weighted by molar-refractivity contribution is 0.00903. The Labute approximate surface area is 133 Å². The molecular weight excluding hydrogens is 252 g/mol. The first-order chi connectivity index (χ1) is 9.73. The van der Waals surface area contributed by atoms with Crippen molar-refractivity contribution in [2.24, 2.45) is 16.7 Å². The van der Waals surface area contributed by atoms with Crippen LogP contribution in [-0.2, 0) is 6.42 Å². The van der Waals surface area contributed by atoms with E-state index in [0.717, 1.165) is 5.92 Å². The number of aryl methyl sites for hydroxylation is 2. The van der Waals surface area contributed by atoms with E-state index in [1.807, 2.05) is 0 Å². The lowest BCUT2D eigenvalue weighted by atomic mass is 9.56. The highest BCUT2D eigenvalue weighted by Gasteiger charge is 2.43. The van der Waals surface area contributed by atoms with Crippen LogP contribution in [0.15, 0.2) is 24.3 Å². The Balaban J connectivity index is 2.95.